The summed E-state index contributed by atoms with van der Waals surface area (Å²) >= 11 is 5.92. The lowest BCUT2D eigenvalue weighted by Gasteiger charge is -2.21. The van der Waals surface area contributed by atoms with Crippen molar-refractivity contribution < 1.29 is 14.3 Å². The van der Waals surface area contributed by atoms with Crippen molar-refractivity contribution in [3.63, 3.8) is 0 Å². The number of halogens is 1. The minimum Gasteiger partial charge on any atom is -0.465 e. The van der Waals surface area contributed by atoms with Crippen LogP contribution in [0.25, 0.3) is 11.3 Å². The number of hydrogen-bond donors (Lipinski definition) is 0. The molecule has 1 aliphatic heterocycles. The van der Waals surface area contributed by atoms with Gasteiger partial charge in [-0.25, -0.2) is 4.79 Å². The van der Waals surface area contributed by atoms with Gasteiger partial charge in [0.25, 0.3) is 0 Å². The first-order chi connectivity index (χ1) is 11.6. The monoisotopic (exact) mass is 337 g/mol. The van der Waals surface area contributed by atoms with Crippen molar-refractivity contribution in [2.45, 2.75) is 0 Å². The summed E-state index contributed by atoms with van der Waals surface area (Å²) in [5.41, 5.74) is 1.85. The van der Waals surface area contributed by atoms with Gasteiger partial charge in [0.15, 0.2) is 0 Å². The van der Waals surface area contributed by atoms with E-state index in [0.717, 1.165) is 5.56 Å². The number of nitrogens with zero attached hydrogens (tertiary/aromatic N) is 1. The average molecular weight is 338 g/mol. The zero-order chi connectivity index (χ0) is 17.1. The van der Waals surface area contributed by atoms with Gasteiger partial charge in [-0.3, -0.25) is 0 Å². The van der Waals surface area contributed by atoms with Gasteiger partial charge in [0, 0.05) is 21.7 Å². The molecule has 0 unspecified atom stereocenters. The number of allylic oxidation sites excluding steroid dienone is 2. The molecular weight excluding hydrogens is 326 g/mol. The number of carbonyl (C=O) groups is 1. The first-order valence-corrected chi connectivity index (χ1v) is 7.49. The quantitative estimate of drug-likeness (QED) is 0.467. The Morgan fingerprint density at radius 3 is 2.54 bits per heavy atom. The van der Waals surface area contributed by atoms with Crippen LogP contribution in [0.1, 0.15) is 11.1 Å². The van der Waals surface area contributed by atoms with E-state index in [-0.39, 0.29) is 5.57 Å². The summed E-state index contributed by atoms with van der Waals surface area (Å²) in [6, 6.07) is 16.3. The van der Waals surface area contributed by atoms with Crippen molar-refractivity contribution in [2.24, 2.45) is 0 Å². The van der Waals surface area contributed by atoms with Gasteiger partial charge < -0.3 is 9.47 Å². The van der Waals surface area contributed by atoms with Gasteiger partial charge in [0.2, 0.25) is 0 Å². The number of carbonyl (C=O) groups excluding carboxylic acids is 1. The van der Waals surface area contributed by atoms with Crippen molar-refractivity contribution in [3.05, 3.63) is 76.3 Å². The molecule has 0 radical (unpaired) electrons. The molecule has 118 valence electrons. The first-order valence-electron chi connectivity index (χ1n) is 7.11. The number of para-hydroxylation sites is 1. The number of hydrogen-bond acceptors (Lipinski definition) is 4. The van der Waals surface area contributed by atoms with Crippen LogP contribution in [0.3, 0.4) is 0 Å². The lowest BCUT2D eigenvalue weighted by molar-refractivity contribution is -0.135. The Kier molecular flexibility index (Phi) is 4.37. The van der Waals surface area contributed by atoms with Crippen LogP contribution < -0.4 is 4.74 Å². The molecule has 5 heteroatoms. The predicted molar refractivity (Wildman–Crippen MR) is 91.0 cm³/mol. The van der Waals surface area contributed by atoms with Gasteiger partial charge in [-0.1, -0.05) is 29.8 Å². The number of nitriles is 1. The minimum absolute atomic E-state index is 0.0697. The predicted octanol–water partition coefficient (Wildman–Crippen LogP) is 4.22. The normalized spacial score (nSPS) is 14.6. The zero-order valence-corrected chi connectivity index (χ0v) is 13.5. The summed E-state index contributed by atoms with van der Waals surface area (Å²) < 4.78 is 10.6. The summed E-state index contributed by atoms with van der Waals surface area (Å²) in [5, 5.41) is 10.0. The third kappa shape index (κ3) is 2.90. The molecule has 0 N–H and O–H groups in total. The molecule has 2 aromatic carbocycles. The molecule has 0 saturated heterocycles. The standard InChI is InChI=1S/C19H12ClNO3/c1-23-19(22)16(11-21)15-10-18(12-6-8-13(20)9-7-12)24-17-5-3-2-4-14(15)17/h2-10H,1H3/b16-15-. The van der Waals surface area contributed by atoms with E-state index in [1.807, 2.05) is 30.3 Å². The van der Waals surface area contributed by atoms with Crippen molar-refractivity contribution in [1.82, 2.24) is 0 Å². The molecule has 3 rings (SSSR count). The van der Waals surface area contributed by atoms with E-state index in [9.17, 15) is 10.1 Å². The van der Waals surface area contributed by atoms with Crippen LogP contribution in [0, 0.1) is 11.3 Å². The van der Waals surface area contributed by atoms with Crippen LogP contribution in [0.4, 0.5) is 0 Å². The Morgan fingerprint density at radius 2 is 1.88 bits per heavy atom. The molecular formula is C19H12ClNO3. The molecule has 0 aliphatic carbocycles. The van der Waals surface area contributed by atoms with Crippen LogP contribution in [0.2, 0.25) is 5.02 Å². The zero-order valence-electron chi connectivity index (χ0n) is 12.7. The second-order valence-electron chi connectivity index (χ2n) is 5.01. The molecule has 1 aliphatic rings. The molecule has 2 aromatic rings. The van der Waals surface area contributed by atoms with E-state index in [1.54, 1.807) is 30.3 Å². The third-order valence-electron chi connectivity index (χ3n) is 3.57. The molecule has 0 saturated carbocycles. The second-order valence-corrected chi connectivity index (χ2v) is 5.44. The SMILES string of the molecule is COC(=O)/C(C#N)=C1/C=C(c2ccc(Cl)cc2)Oc2ccccc21. The molecule has 24 heavy (non-hydrogen) atoms. The van der Waals surface area contributed by atoms with Crippen molar-refractivity contribution in [2.75, 3.05) is 7.11 Å². The van der Waals surface area contributed by atoms with Crippen LogP contribution >= 0.6 is 11.6 Å². The highest BCUT2D eigenvalue weighted by Gasteiger charge is 2.24. The number of rotatable bonds is 2. The summed E-state index contributed by atoms with van der Waals surface area (Å²) in [6.07, 6.45) is 1.67. The molecule has 0 atom stereocenters. The van der Waals surface area contributed by atoms with E-state index in [1.165, 1.54) is 7.11 Å². The Morgan fingerprint density at radius 1 is 1.17 bits per heavy atom. The average Bonchev–Trinajstić information content (AvgIpc) is 2.62. The van der Waals surface area contributed by atoms with Gasteiger partial charge >= 0.3 is 5.97 Å². The number of fused-ring (bicyclic) bond motifs is 1. The van der Waals surface area contributed by atoms with Crippen LogP contribution in [0.5, 0.6) is 5.75 Å². The molecule has 1 heterocycles. The highest BCUT2D eigenvalue weighted by atomic mass is 35.5. The van der Waals surface area contributed by atoms with Crippen LogP contribution in [0.15, 0.2) is 60.2 Å². The van der Waals surface area contributed by atoms with E-state index in [0.29, 0.717) is 27.7 Å². The molecule has 0 spiro atoms. The van der Waals surface area contributed by atoms with Crippen molar-refractivity contribution in [1.29, 1.82) is 5.26 Å². The van der Waals surface area contributed by atoms with Gasteiger partial charge in [-0.05, 0) is 36.4 Å². The second kappa shape index (κ2) is 6.61. The van der Waals surface area contributed by atoms with E-state index < -0.39 is 5.97 Å². The van der Waals surface area contributed by atoms with Gasteiger partial charge in [0.1, 0.15) is 23.2 Å². The minimum atomic E-state index is -0.684. The fourth-order valence-corrected chi connectivity index (χ4v) is 2.54. The Labute approximate surface area is 144 Å². The van der Waals surface area contributed by atoms with E-state index in [2.05, 4.69) is 0 Å². The maximum absolute atomic E-state index is 11.9. The largest absolute Gasteiger partial charge is 0.465 e. The maximum Gasteiger partial charge on any atom is 0.349 e. The van der Waals surface area contributed by atoms with Gasteiger partial charge in [-0.2, -0.15) is 5.26 Å². The fraction of sp³-hybridized carbons (Fsp3) is 0.0526. The van der Waals surface area contributed by atoms with Gasteiger partial charge in [0.05, 0.1) is 7.11 Å². The topological polar surface area (TPSA) is 59.3 Å². The number of methoxy groups -OCH3 is 1. The Balaban J connectivity index is 2.21. The summed E-state index contributed by atoms with van der Waals surface area (Å²) in [4.78, 5) is 11.9. The fourth-order valence-electron chi connectivity index (χ4n) is 2.42. The van der Waals surface area contributed by atoms with Crippen LogP contribution in [-0.4, -0.2) is 13.1 Å². The summed E-state index contributed by atoms with van der Waals surface area (Å²) in [6.45, 7) is 0. The molecule has 0 fully saturated rings. The van der Waals surface area contributed by atoms with E-state index in [4.69, 9.17) is 21.1 Å². The Hall–Kier alpha value is -3.03. The number of benzene rings is 2. The Bertz CT molecular complexity index is 905. The summed E-state index contributed by atoms with van der Waals surface area (Å²) in [5.74, 6) is 0.407. The number of ether oxygens (including phenoxy) is 2. The van der Waals surface area contributed by atoms with Gasteiger partial charge in [-0.15, -0.1) is 0 Å². The van der Waals surface area contributed by atoms with Crippen molar-refractivity contribution >= 4 is 28.9 Å². The molecule has 0 aromatic heterocycles. The maximum atomic E-state index is 11.9. The van der Waals surface area contributed by atoms with Crippen molar-refractivity contribution in [3.8, 4) is 11.8 Å². The summed E-state index contributed by atoms with van der Waals surface area (Å²) in [7, 11) is 1.25. The smallest absolute Gasteiger partial charge is 0.349 e. The van der Waals surface area contributed by atoms with E-state index >= 15 is 0 Å². The molecule has 0 amide bonds. The highest BCUT2D eigenvalue weighted by Crippen LogP contribution is 2.38. The number of esters is 1. The lowest BCUT2D eigenvalue weighted by Crippen LogP contribution is -2.10. The first kappa shape index (κ1) is 15.9. The van der Waals surface area contributed by atoms with Crippen LogP contribution in [-0.2, 0) is 9.53 Å². The molecule has 0 bridgehead atoms. The molecule has 4 nitrogen and oxygen atoms in total. The third-order valence-corrected chi connectivity index (χ3v) is 3.82. The highest BCUT2D eigenvalue weighted by molar-refractivity contribution is 6.30. The lowest BCUT2D eigenvalue weighted by atomic mass is 9.95.